The van der Waals surface area contributed by atoms with Gasteiger partial charge in [0.15, 0.2) is 0 Å². The van der Waals surface area contributed by atoms with Crippen LogP contribution in [0.1, 0.15) is 36.7 Å². The molecule has 0 saturated carbocycles. The second-order valence-electron chi connectivity index (χ2n) is 5.00. The summed E-state index contributed by atoms with van der Waals surface area (Å²) in [6.45, 7) is 5.15. The van der Waals surface area contributed by atoms with E-state index in [0.29, 0.717) is 6.04 Å². The van der Waals surface area contributed by atoms with Gasteiger partial charge in [-0.3, -0.25) is 4.68 Å². The lowest BCUT2D eigenvalue weighted by atomic mass is 10.1. The Labute approximate surface area is 120 Å². The van der Waals surface area contributed by atoms with Crippen molar-refractivity contribution < 1.29 is 4.74 Å². The number of ether oxygens (including phenoxy) is 1. The van der Waals surface area contributed by atoms with E-state index in [1.54, 1.807) is 7.11 Å². The van der Waals surface area contributed by atoms with Gasteiger partial charge in [-0.1, -0.05) is 19.1 Å². The van der Waals surface area contributed by atoms with E-state index in [9.17, 15) is 0 Å². The molecule has 0 aliphatic heterocycles. The standard InChI is InChI=1S/C16H23N3O/c1-5-16-14(11-19(3)18-16)10-17-12(2)13-6-8-15(20-4)9-7-13/h6-9,11-12,17H,5,10H2,1-4H3/t12-/m0/s1. The molecule has 2 rings (SSSR count). The van der Waals surface area contributed by atoms with Crippen LogP contribution in [0.4, 0.5) is 0 Å². The Balaban J connectivity index is 1.98. The summed E-state index contributed by atoms with van der Waals surface area (Å²) in [5.41, 5.74) is 3.70. The van der Waals surface area contributed by atoms with Crippen LogP contribution >= 0.6 is 0 Å². The molecule has 1 heterocycles. The molecule has 2 aromatic rings. The number of aryl methyl sites for hydroxylation is 2. The highest BCUT2D eigenvalue weighted by Crippen LogP contribution is 2.18. The van der Waals surface area contributed by atoms with Crippen molar-refractivity contribution in [1.29, 1.82) is 0 Å². The molecular weight excluding hydrogens is 250 g/mol. The van der Waals surface area contributed by atoms with E-state index in [4.69, 9.17) is 4.74 Å². The maximum absolute atomic E-state index is 5.18. The van der Waals surface area contributed by atoms with Crippen molar-refractivity contribution in [3.63, 3.8) is 0 Å². The number of methoxy groups -OCH3 is 1. The maximum Gasteiger partial charge on any atom is 0.118 e. The van der Waals surface area contributed by atoms with Crippen molar-refractivity contribution in [2.75, 3.05) is 7.11 Å². The highest BCUT2D eigenvalue weighted by atomic mass is 16.5. The molecule has 1 aromatic heterocycles. The molecule has 4 nitrogen and oxygen atoms in total. The summed E-state index contributed by atoms with van der Waals surface area (Å²) in [7, 11) is 3.65. The molecule has 0 spiro atoms. The lowest BCUT2D eigenvalue weighted by molar-refractivity contribution is 0.414. The van der Waals surface area contributed by atoms with Crippen molar-refractivity contribution in [2.24, 2.45) is 7.05 Å². The van der Waals surface area contributed by atoms with Crippen molar-refractivity contribution in [2.45, 2.75) is 32.9 Å². The second kappa shape index (κ2) is 6.57. The van der Waals surface area contributed by atoms with E-state index in [2.05, 4.69) is 42.6 Å². The van der Waals surface area contributed by atoms with Gasteiger partial charge in [0.2, 0.25) is 0 Å². The average molecular weight is 273 g/mol. The van der Waals surface area contributed by atoms with Crippen LogP contribution in [0.25, 0.3) is 0 Å². The van der Waals surface area contributed by atoms with Crippen molar-refractivity contribution >= 4 is 0 Å². The number of benzene rings is 1. The molecule has 1 aromatic carbocycles. The molecule has 1 N–H and O–H groups in total. The molecule has 0 aliphatic carbocycles. The lowest BCUT2D eigenvalue weighted by Gasteiger charge is -2.14. The van der Waals surface area contributed by atoms with Crippen LogP contribution in [0.5, 0.6) is 5.75 Å². The predicted octanol–water partition coefficient (Wildman–Crippen LogP) is 2.84. The number of nitrogens with one attached hydrogen (secondary N) is 1. The molecule has 0 fully saturated rings. The fourth-order valence-corrected chi connectivity index (χ4v) is 2.30. The zero-order chi connectivity index (χ0) is 14.5. The quantitative estimate of drug-likeness (QED) is 0.879. The molecule has 1 atom stereocenters. The topological polar surface area (TPSA) is 39.1 Å². The van der Waals surface area contributed by atoms with E-state index in [1.165, 1.54) is 16.8 Å². The van der Waals surface area contributed by atoms with Crippen LogP contribution in [0.2, 0.25) is 0 Å². The van der Waals surface area contributed by atoms with Crippen LogP contribution in [-0.2, 0) is 20.0 Å². The Kier molecular flexibility index (Phi) is 4.79. The smallest absolute Gasteiger partial charge is 0.118 e. The van der Waals surface area contributed by atoms with Crippen LogP contribution in [0.3, 0.4) is 0 Å². The summed E-state index contributed by atoms with van der Waals surface area (Å²) in [6, 6.07) is 8.48. The molecule has 108 valence electrons. The van der Waals surface area contributed by atoms with Gasteiger partial charge in [0.05, 0.1) is 12.8 Å². The Morgan fingerprint density at radius 2 is 2.00 bits per heavy atom. The van der Waals surface area contributed by atoms with Gasteiger partial charge < -0.3 is 10.1 Å². The van der Waals surface area contributed by atoms with Crippen LogP contribution < -0.4 is 10.1 Å². The number of aromatic nitrogens is 2. The molecule has 0 saturated heterocycles. The van der Waals surface area contributed by atoms with Gasteiger partial charge in [-0.2, -0.15) is 5.10 Å². The van der Waals surface area contributed by atoms with Gasteiger partial charge in [-0.15, -0.1) is 0 Å². The van der Waals surface area contributed by atoms with Crippen LogP contribution in [0, 0.1) is 0 Å². The Morgan fingerprint density at radius 1 is 1.30 bits per heavy atom. The number of rotatable bonds is 6. The van der Waals surface area contributed by atoms with E-state index < -0.39 is 0 Å². The third-order valence-electron chi connectivity index (χ3n) is 3.54. The highest BCUT2D eigenvalue weighted by molar-refractivity contribution is 5.29. The fourth-order valence-electron chi connectivity index (χ4n) is 2.30. The van der Waals surface area contributed by atoms with E-state index >= 15 is 0 Å². The molecule has 20 heavy (non-hydrogen) atoms. The lowest BCUT2D eigenvalue weighted by Crippen LogP contribution is -2.18. The summed E-state index contributed by atoms with van der Waals surface area (Å²) in [5, 5.41) is 8.01. The van der Waals surface area contributed by atoms with E-state index in [1.807, 2.05) is 23.9 Å². The van der Waals surface area contributed by atoms with Crippen molar-refractivity contribution in [3.05, 3.63) is 47.3 Å². The van der Waals surface area contributed by atoms with Crippen molar-refractivity contribution in [3.8, 4) is 5.75 Å². The number of nitrogens with zero attached hydrogens (tertiary/aromatic N) is 2. The molecule has 4 heteroatoms. The first-order chi connectivity index (χ1) is 9.63. The summed E-state index contributed by atoms with van der Waals surface area (Å²) in [5.74, 6) is 0.890. The SMILES string of the molecule is CCc1nn(C)cc1CN[C@@H](C)c1ccc(OC)cc1. The second-order valence-corrected chi connectivity index (χ2v) is 5.00. The first-order valence-electron chi connectivity index (χ1n) is 7.02. The van der Waals surface area contributed by atoms with Crippen LogP contribution in [0.15, 0.2) is 30.5 Å². The molecular formula is C16H23N3O. The van der Waals surface area contributed by atoms with Gasteiger partial charge >= 0.3 is 0 Å². The van der Waals surface area contributed by atoms with E-state index in [0.717, 1.165) is 18.7 Å². The third kappa shape index (κ3) is 3.39. The number of hydrogen-bond acceptors (Lipinski definition) is 3. The minimum absolute atomic E-state index is 0.297. The summed E-state index contributed by atoms with van der Waals surface area (Å²) in [4.78, 5) is 0. The third-order valence-corrected chi connectivity index (χ3v) is 3.54. The zero-order valence-corrected chi connectivity index (χ0v) is 12.7. The van der Waals surface area contributed by atoms with Gasteiger partial charge in [0.25, 0.3) is 0 Å². The largest absolute Gasteiger partial charge is 0.497 e. The van der Waals surface area contributed by atoms with Gasteiger partial charge in [0, 0.05) is 31.4 Å². The minimum atomic E-state index is 0.297. The molecule has 0 amide bonds. The average Bonchev–Trinajstić information content (AvgIpc) is 2.85. The fraction of sp³-hybridized carbons (Fsp3) is 0.438. The Morgan fingerprint density at radius 3 is 2.60 bits per heavy atom. The van der Waals surface area contributed by atoms with Gasteiger partial charge in [-0.25, -0.2) is 0 Å². The summed E-state index contributed by atoms with van der Waals surface area (Å²) < 4.78 is 7.06. The normalized spacial score (nSPS) is 12.4. The highest BCUT2D eigenvalue weighted by Gasteiger charge is 2.09. The first kappa shape index (κ1) is 14.6. The van der Waals surface area contributed by atoms with Crippen LogP contribution in [-0.4, -0.2) is 16.9 Å². The Bertz CT molecular complexity index is 545. The maximum atomic E-state index is 5.18. The predicted molar refractivity (Wildman–Crippen MR) is 80.8 cm³/mol. The Hall–Kier alpha value is -1.81. The monoisotopic (exact) mass is 273 g/mol. The molecule has 0 unspecified atom stereocenters. The molecule has 0 radical (unpaired) electrons. The van der Waals surface area contributed by atoms with E-state index in [-0.39, 0.29) is 0 Å². The van der Waals surface area contributed by atoms with Crippen molar-refractivity contribution in [1.82, 2.24) is 15.1 Å². The number of hydrogen-bond donors (Lipinski definition) is 1. The summed E-state index contributed by atoms with van der Waals surface area (Å²) >= 11 is 0. The first-order valence-corrected chi connectivity index (χ1v) is 7.02. The minimum Gasteiger partial charge on any atom is -0.497 e. The molecule has 0 aliphatic rings. The molecule has 0 bridgehead atoms. The zero-order valence-electron chi connectivity index (χ0n) is 12.7. The van der Waals surface area contributed by atoms with Gasteiger partial charge in [-0.05, 0) is 31.0 Å². The summed E-state index contributed by atoms with van der Waals surface area (Å²) in [6.07, 6.45) is 3.06. The van der Waals surface area contributed by atoms with Gasteiger partial charge in [0.1, 0.15) is 5.75 Å².